The number of phenolic OH excluding ortho intramolecular Hbond substituents is 1. The number of para-hydroxylation sites is 2. The van der Waals surface area contributed by atoms with Crippen LogP contribution in [0.3, 0.4) is 0 Å². The van der Waals surface area contributed by atoms with E-state index in [1.54, 1.807) is 12.3 Å². The molecular formula is C32H23N3O. The highest BCUT2D eigenvalue weighted by Crippen LogP contribution is 2.39. The summed E-state index contributed by atoms with van der Waals surface area (Å²) in [6.45, 7) is 0. The quantitative estimate of drug-likeness (QED) is 0.279. The molecule has 0 bridgehead atoms. The van der Waals surface area contributed by atoms with Gasteiger partial charge in [-0.3, -0.25) is 4.90 Å². The molecule has 2 aromatic heterocycles. The van der Waals surface area contributed by atoms with Gasteiger partial charge >= 0.3 is 0 Å². The highest BCUT2D eigenvalue weighted by atomic mass is 16.3. The molecule has 0 aliphatic heterocycles. The third-order valence-electron chi connectivity index (χ3n) is 6.20. The van der Waals surface area contributed by atoms with E-state index in [0.29, 0.717) is 0 Å². The van der Waals surface area contributed by atoms with Crippen LogP contribution in [0.15, 0.2) is 134 Å². The largest absolute Gasteiger partial charge is 0.507 e. The Kier molecular flexibility index (Phi) is 5.60. The predicted octanol–water partition coefficient (Wildman–Crippen LogP) is 8.14. The van der Waals surface area contributed by atoms with Crippen molar-refractivity contribution in [2.75, 3.05) is 4.90 Å². The zero-order valence-electron chi connectivity index (χ0n) is 19.5. The van der Waals surface area contributed by atoms with Gasteiger partial charge in [0.2, 0.25) is 0 Å². The molecular weight excluding hydrogens is 442 g/mol. The lowest BCUT2D eigenvalue weighted by Crippen LogP contribution is -2.13. The molecule has 0 spiro atoms. The van der Waals surface area contributed by atoms with Crippen LogP contribution in [0.1, 0.15) is 0 Å². The van der Waals surface area contributed by atoms with Gasteiger partial charge in [-0.05, 0) is 53.4 Å². The lowest BCUT2D eigenvalue weighted by atomic mass is 9.99. The minimum absolute atomic E-state index is 0.257. The van der Waals surface area contributed by atoms with E-state index in [4.69, 9.17) is 4.98 Å². The summed E-state index contributed by atoms with van der Waals surface area (Å²) in [5.74, 6) is 1.86. The van der Waals surface area contributed by atoms with Gasteiger partial charge in [0, 0.05) is 28.4 Å². The van der Waals surface area contributed by atoms with Gasteiger partial charge in [-0.2, -0.15) is 0 Å². The molecule has 0 saturated heterocycles. The van der Waals surface area contributed by atoms with E-state index in [-0.39, 0.29) is 5.75 Å². The van der Waals surface area contributed by atoms with E-state index in [0.717, 1.165) is 50.5 Å². The van der Waals surface area contributed by atoms with Crippen molar-refractivity contribution < 1.29 is 5.11 Å². The lowest BCUT2D eigenvalue weighted by Gasteiger charge is -2.25. The van der Waals surface area contributed by atoms with Crippen LogP contribution in [0, 0.1) is 0 Å². The van der Waals surface area contributed by atoms with E-state index in [1.807, 2.05) is 78.9 Å². The number of aromatic hydroxyl groups is 1. The monoisotopic (exact) mass is 465 g/mol. The first-order chi connectivity index (χ1) is 17.8. The Hall–Kier alpha value is -4.96. The molecule has 2 heterocycles. The number of fused-ring (bicyclic) bond motifs is 1. The van der Waals surface area contributed by atoms with Crippen LogP contribution < -0.4 is 4.90 Å². The number of aromatic nitrogens is 2. The van der Waals surface area contributed by atoms with Crippen LogP contribution in [0.5, 0.6) is 5.75 Å². The van der Waals surface area contributed by atoms with E-state index >= 15 is 0 Å². The minimum Gasteiger partial charge on any atom is -0.507 e. The molecule has 4 heteroatoms. The van der Waals surface area contributed by atoms with Gasteiger partial charge in [0.05, 0.1) is 5.69 Å². The van der Waals surface area contributed by atoms with Crippen LogP contribution in [-0.2, 0) is 0 Å². The molecule has 4 nitrogen and oxygen atoms in total. The number of phenols is 1. The SMILES string of the molecule is Oc1ccccc1-c1cccc(-c2cc3ccccc3c(N(c3ccccc3)c3ccccn3)n2)c1. The second-order valence-corrected chi connectivity index (χ2v) is 8.51. The van der Waals surface area contributed by atoms with Crippen molar-refractivity contribution in [1.82, 2.24) is 9.97 Å². The summed E-state index contributed by atoms with van der Waals surface area (Å²) < 4.78 is 0. The Morgan fingerprint density at radius 2 is 1.36 bits per heavy atom. The zero-order valence-corrected chi connectivity index (χ0v) is 19.5. The number of benzene rings is 4. The Bertz CT molecular complexity index is 1610. The second-order valence-electron chi connectivity index (χ2n) is 8.51. The summed E-state index contributed by atoms with van der Waals surface area (Å²) in [7, 11) is 0. The Labute approximate surface area is 209 Å². The van der Waals surface area contributed by atoms with Crippen molar-refractivity contribution in [3.05, 3.63) is 134 Å². The van der Waals surface area contributed by atoms with Crippen LogP contribution in [0.25, 0.3) is 33.2 Å². The maximum Gasteiger partial charge on any atom is 0.147 e. The number of rotatable bonds is 5. The van der Waals surface area contributed by atoms with E-state index in [9.17, 15) is 5.11 Å². The topological polar surface area (TPSA) is 49.2 Å². The summed E-state index contributed by atoms with van der Waals surface area (Å²) in [6, 6.07) is 42.0. The number of nitrogens with zero attached hydrogens (tertiary/aromatic N) is 3. The standard InChI is InChI=1S/C32H23N3O/c36-30-18-7-6-16-27(30)23-12-10-13-25(21-23)29-22-24-11-4-5-17-28(24)32(34-29)35(26-14-2-1-3-15-26)31-19-8-9-20-33-31/h1-22,36H. The molecule has 0 radical (unpaired) electrons. The first-order valence-electron chi connectivity index (χ1n) is 11.8. The van der Waals surface area contributed by atoms with E-state index < -0.39 is 0 Å². The first kappa shape index (κ1) is 21.6. The average Bonchev–Trinajstić information content (AvgIpc) is 2.94. The van der Waals surface area contributed by atoms with E-state index in [2.05, 4.69) is 52.3 Å². The van der Waals surface area contributed by atoms with Gasteiger partial charge in [0.15, 0.2) is 0 Å². The van der Waals surface area contributed by atoms with Gasteiger partial charge in [-0.15, -0.1) is 0 Å². The minimum atomic E-state index is 0.257. The maximum atomic E-state index is 10.4. The lowest BCUT2D eigenvalue weighted by molar-refractivity contribution is 0.477. The fourth-order valence-electron chi connectivity index (χ4n) is 4.49. The third-order valence-corrected chi connectivity index (χ3v) is 6.20. The Balaban J connectivity index is 1.57. The van der Waals surface area contributed by atoms with Crippen LogP contribution in [-0.4, -0.2) is 15.1 Å². The van der Waals surface area contributed by atoms with Gasteiger partial charge in [0.1, 0.15) is 17.4 Å². The molecule has 4 aromatic carbocycles. The molecule has 0 aliphatic rings. The van der Waals surface area contributed by atoms with Gasteiger partial charge in [-0.1, -0.05) is 84.9 Å². The fourth-order valence-corrected chi connectivity index (χ4v) is 4.49. The summed E-state index contributed by atoms with van der Waals surface area (Å²) in [4.78, 5) is 12.0. The summed E-state index contributed by atoms with van der Waals surface area (Å²) >= 11 is 0. The van der Waals surface area contributed by atoms with E-state index in [1.165, 1.54) is 0 Å². The zero-order chi connectivity index (χ0) is 24.3. The molecule has 0 amide bonds. The second kappa shape index (κ2) is 9.35. The fraction of sp³-hybridized carbons (Fsp3) is 0. The summed E-state index contributed by atoms with van der Waals surface area (Å²) in [5, 5.41) is 12.5. The average molecular weight is 466 g/mol. The molecule has 0 aliphatic carbocycles. The molecule has 6 rings (SSSR count). The molecule has 0 unspecified atom stereocenters. The molecule has 1 N–H and O–H groups in total. The summed E-state index contributed by atoms with van der Waals surface area (Å²) in [6.07, 6.45) is 1.80. The van der Waals surface area contributed by atoms with Crippen LogP contribution in [0.4, 0.5) is 17.3 Å². The molecule has 36 heavy (non-hydrogen) atoms. The first-order valence-corrected chi connectivity index (χ1v) is 11.8. The highest BCUT2D eigenvalue weighted by molar-refractivity contribution is 5.98. The Morgan fingerprint density at radius 1 is 0.611 bits per heavy atom. The van der Waals surface area contributed by atoms with Crippen molar-refractivity contribution in [3.63, 3.8) is 0 Å². The molecule has 6 aromatic rings. The van der Waals surface area contributed by atoms with Gasteiger partial charge in [-0.25, -0.2) is 9.97 Å². The van der Waals surface area contributed by atoms with Crippen molar-refractivity contribution >= 4 is 28.1 Å². The molecule has 0 fully saturated rings. The molecule has 0 atom stereocenters. The van der Waals surface area contributed by atoms with Crippen molar-refractivity contribution in [1.29, 1.82) is 0 Å². The van der Waals surface area contributed by atoms with Crippen LogP contribution >= 0.6 is 0 Å². The number of pyridine rings is 2. The van der Waals surface area contributed by atoms with Gasteiger partial charge in [0.25, 0.3) is 0 Å². The molecule has 172 valence electrons. The van der Waals surface area contributed by atoms with Crippen LogP contribution in [0.2, 0.25) is 0 Å². The van der Waals surface area contributed by atoms with Crippen molar-refractivity contribution in [3.8, 4) is 28.1 Å². The number of hydrogen-bond donors (Lipinski definition) is 1. The number of anilines is 3. The summed E-state index contributed by atoms with van der Waals surface area (Å²) in [5.41, 5.74) is 4.52. The third kappa shape index (κ3) is 4.05. The van der Waals surface area contributed by atoms with Gasteiger partial charge < -0.3 is 5.11 Å². The predicted molar refractivity (Wildman–Crippen MR) is 147 cm³/mol. The normalized spacial score (nSPS) is 10.9. The van der Waals surface area contributed by atoms with Crippen molar-refractivity contribution in [2.24, 2.45) is 0 Å². The maximum absolute atomic E-state index is 10.4. The Morgan fingerprint density at radius 3 is 2.19 bits per heavy atom. The molecule has 0 saturated carbocycles. The smallest absolute Gasteiger partial charge is 0.147 e. The number of hydrogen-bond acceptors (Lipinski definition) is 4. The highest BCUT2D eigenvalue weighted by Gasteiger charge is 2.19. The van der Waals surface area contributed by atoms with Crippen molar-refractivity contribution in [2.45, 2.75) is 0 Å².